The van der Waals surface area contributed by atoms with Crippen LogP contribution in [0.3, 0.4) is 0 Å². The average Bonchev–Trinajstić information content (AvgIpc) is 2.76. The Morgan fingerprint density at radius 3 is 2.71 bits per heavy atom. The molecule has 0 atom stereocenters. The molecule has 1 aromatic heterocycles. The lowest BCUT2D eigenvalue weighted by molar-refractivity contribution is -0.176. The maximum Gasteiger partial charge on any atom is 0.411 e. The first-order valence-corrected chi connectivity index (χ1v) is 7.67. The van der Waals surface area contributed by atoms with E-state index < -0.39 is 12.8 Å². The largest absolute Gasteiger partial charge is 0.411 e. The first-order valence-electron chi connectivity index (χ1n) is 6.85. The van der Waals surface area contributed by atoms with Crippen molar-refractivity contribution in [1.82, 2.24) is 5.32 Å². The van der Waals surface area contributed by atoms with E-state index >= 15 is 0 Å². The van der Waals surface area contributed by atoms with Crippen LogP contribution in [-0.2, 0) is 17.9 Å². The van der Waals surface area contributed by atoms with Gasteiger partial charge in [0.1, 0.15) is 6.61 Å². The Labute approximate surface area is 125 Å². The van der Waals surface area contributed by atoms with Crippen LogP contribution >= 0.6 is 11.3 Å². The van der Waals surface area contributed by atoms with Gasteiger partial charge in [0.15, 0.2) is 0 Å². The lowest BCUT2D eigenvalue weighted by Crippen LogP contribution is -2.17. The van der Waals surface area contributed by atoms with E-state index in [1.165, 1.54) is 0 Å². The van der Waals surface area contributed by atoms with Gasteiger partial charge in [-0.25, -0.2) is 0 Å². The van der Waals surface area contributed by atoms with Gasteiger partial charge >= 0.3 is 6.18 Å². The molecule has 0 saturated carbocycles. The van der Waals surface area contributed by atoms with Gasteiger partial charge in [0, 0.05) is 21.7 Å². The highest BCUT2D eigenvalue weighted by Crippen LogP contribution is 2.32. The van der Waals surface area contributed by atoms with Crippen molar-refractivity contribution in [3.05, 3.63) is 34.7 Å². The second-order valence-electron chi connectivity index (χ2n) is 4.78. The SMILES string of the molecule is CCCNCc1sc2ccccc2c1COCC(F)(F)F. The number of benzene rings is 1. The van der Waals surface area contributed by atoms with E-state index in [-0.39, 0.29) is 6.61 Å². The molecule has 116 valence electrons. The minimum absolute atomic E-state index is 0.00728. The lowest BCUT2D eigenvalue weighted by Gasteiger charge is -2.09. The fraction of sp³-hybridized carbons (Fsp3) is 0.467. The van der Waals surface area contributed by atoms with E-state index in [4.69, 9.17) is 4.74 Å². The van der Waals surface area contributed by atoms with Gasteiger partial charge in [0.25, 0.3) is 0 Å². The van der Waals surface area contributed by atoms with Crippen molar-refractivity contribution in [2.24, 2.45) is 0 Å². The van der Waals surface area contributed by atoms with E-state index in [9.17, 15) is 13.2 Å². The molecule has 0 amide bonds. The summed E-state index contributed by atoms with van der Waals surface area (Å²) in [6, 6.07) is 7.74. The predicted octanol–water partition coefficient (Wildman–Crippen LogP) is 4.48. The Hall–Kier alpha value is -1.11. The van der Waals surface area contributed by atoms with Gasteiger partial charge < -0.3 is 10.1 Å². The summed E-state index contributed by atoms with van der Waals surface area (Å²) in [5, 5.41) is 4.28. The van der Waals surface area contributed by atoms with Gasteiger partial charge in [-0.05, 0) is 24.4 Å². The zero-order valence-corrected chi connectivity index (χ0v) is 12.6. The second kappa shape index (κ2) is 7.24. The van der Waals surface area contributed by atoms with Crippen LogP contribution in [0, 0.1) is 0 Å². The average molecular weight is 317 g/mol. The molecule has 0 saturated heterocycles. The van der Waals surface area contributed by atoms with Crippen LogP contribution in [0.5, 0.6) is 0 Å². The number of fused-ring (bicyclic) bond motifs is 1. The number of alkyl halides is 3. The first kappa shape index (κ1) is 16.3. The summed E-state index contributed by atoms with van der Waals surface area (Å²) < 4.78 is 42.6. The Bertz CT molecular complexity index is 580. The maximum atomic E-state index is 12.2. The summed E-state index contributed by atoms with van der Waals surface area (Å²) in [6.45, 7) is 2.41. The predicted molar refractivity (Wildman–Crippen MR) is 79.5 cm³/mol. The number of hydrogen-bond acceptors (Lipinski definition) is 3. The molecule has 1 heterocycles. The third kappa shape index (κ3) is 4.69. The Kier molecular flexibility index (Phi) is 5.61. The molecule has 0 radical (unpaired) electrons. The van der Waals surface area contributed by atoms with Crippen molar-refractivity contribution in [1.29, 1.82) is 0 Å². The van der Waals surface area contributed by atoms with Crippen LogP contribution in [0.1, 0.15) is 23.8 Å². The Morgan fingerprint density at radius 1 is 1.24 bits per heavy atom. The second-order valence-corrected chi connectivity index (χ2v) is 5.92. The molecule has 0 fully saturated rings. The molecule has 2 nitrogen and oxygen atoms in total. The molecule has 0 aliphatic heterocycles. The molecule has 1 aromatic carbocycles. The van der Waals surface area contributed by atoms with E-state index in [0.717, 1.165) is 33.5 Å². The third-order valence-electron chi connectivity index (χ3n) is 3.01. The Morgan fingerprint density at radius 2 is 2.00 bits per heavy atom. The van der Waals surface area contributed by atoms with Crippen LogP contribution in [-0.4, -0.2) is 19.3 Å². The highest BCUT2D eigenvalue weighted by molar-refractivity contribution is 7.19. The van der Waals surface area contributed by atoms with Crippen molar-refractivity contribution >= 4 is 21.4 Å². The molecular weight excluding hydrogens is 299 g/mol. The Balaban J connectivity index is 2.15. The highest BCUT2D eigenvalue weighted by Gasteiger charge is 2.27. The number of hydrogen-bond donors (Lipinski definition) is 1. The molecule has 6 heteroatoms. The molecule has 0 aliphatic rings. The summed E-state index contributed by atoms with van der Waals surface area (Å²) >= 11 is 1.61. The standard InChI is InChI=1S/C15H18F3NOS/c1-2-7-19-8-14-12(9-20-10-15(16,17)18)11-5-3-4-6-13(11)21-14/h3-6,19H,2,7-10H2,1H3. The van der Waals surface area contributed by atoms with Crippen molar-refractivity contribution < 1.29 is 17.9 Å². The van der Waals surface area contributed by atoms with E-state index in [0.29, 0.717) is 6.54 Å². The first-order chi connectivity index (χ1) is 10.0. The molecule has 0 spiro atoms. The molecule has 0 aliphatic carbocycles. The molecule has 2 rings (SSSR count). The number of ether oxygens (including phenoxy) is 1. The number of nitrogens with one attached hydrogen (secondary N) is 1. The van der Waals surface area contributed by atoms with Crippen LogP contribution in [0.4, 0.5) is 13.2 Å². The van der Waals surface area contributed by atoms with Crippen molar-refractivity contribution in [3.8, 4) is 0 Å². The highest BCUT2D eigenvalue weighted by atomic mass is 32.1. The maximum absolute atomic E-state index is 12.2. The van der Waals surface area contributed by atoms with Gasteiger partial charge in [-0.15, -0.1) is 11.3 Å². The van der Waals surface area contributed by atoms with Crippen LogP contribution in [0.15, 0.2) is 24.3 Å². The molecule has 21 heavy (non-hydrogen) atoms. The lowest BCUT2D eigenvalue weighted by atomic mass is 10.1. The van der Waals surface area contributed by atoms with Crippen molar-refractivity contribution in [3.63, 3.8) is 0 Å². The minimum atomic E-state index is -4.29. The fourth-order valence-electron chi connectivity index (χ4n) is 2.10. The van der Waals surface area contributed by atoms with Crippen LogP contribution in [0.2, 0.25) is 0 Å². The third-order valence-corrected chi connectivity index (χ3v) is 4.22. The van der Waals surface area contributed by atoms with Gasteiger partial charge in [0.2, 0.25) is 0 Å². The smallest absolute Gasteiger partial charge is 0.367 e. The zero-order valence-electron chi connectivity index (χ0n) is 11.8. The van der Waals surface area contributed by atoms with Gasteiger partial charge in [-0.1, -0.05) is 25.1 Å². The number of halogens is 3. The molecular formula is C15H18F3NOS. The summed E-state index contributed by atoms with van der Waals surface area (Å²) in [5.41, 5.74) is 0.864. The molecule has 0 unspecified atom stereocenters. The van der Waals surface area contributed by atoms with Crippen molar-refractivity contribution in [2.75, 3.05) is 13.2 Å². The van der Waals surface area contributed by atoms with E-state index in [1.807, 2.05) is 24.3 Å². The van der Waals surface area contributed by atoms with Crippen LogP contribution < -0.4 is 5.32 Å². The summed E-state index contributed by atoms with van der Waals surface area (Å²) in [6.07, 6.45) is -3.27. The fourth-order valence-corrected chi connectivity index (χ4v) is 3.28. The zero-order chi connectivity index (χ0) is 15.3. The van der Waals surface area contributed by atoms with E-state index in [1.54, 1.807) is 11.3 Å². The molecule has 2 aromatic rings. The van der Waals surface area contributed by atoms with Gasteiger partial charge in [-0.2, -0.15) is 13.2 Å². The van der Waals surface area contributed by atoms with E-state index in [2.05, 4.69) is 12.2 Å². The monoisotopic (exact) mass is 317 g/mol. The summed E-state index contributed by atoms with van der Waals surface area (Å²) in [5.74, 6) is 0. The molecule has 0 bridgehead atoms. The summed E-state index contributed by atoms with van der Waals surface area (Å²) in [4.78, 5) is 1.05. The number of thiophene rings is 1. The van der Waals surface area contributed by atoms with Crippen molar-refractivity contribution in [2.45, 2.75) is 32.7 Å². The quantitative estimate of drug-likeness (QED) is 0.760. The van der Waals surface area contributed by atoms with Crippen LogP contribution in [0.25, 0.3) is 10.1 Å². The molecule has 1 N–H and O–H groups in total. The van der Waals surface area contributed by atoms with Gasteiger partial charge in [-0.3, -0.25) is 0 Å². The topological polar surface area (TPSA) is 21.3 Å². The van der Waals surface area contributed by atoms with Gasteiger partial charge in [0.05, 0.1) is 6.61 Å². The summed E-state index contributed by atoms with van der Waals surface area (Å²) in [7, 11) is 0. The normalized spacial score (nSPS) is 12.2. The number of rotatable bonds is 7. The minimum Gasteiger partial charge on any atom is -0.367 e.